The maximum absolute atomic E-state index is 12.7. The van der Waals surface area contributed by atoms with E-state index in [2.05, 4.69) is 14.8 Å². The van der Waals surface area contributed by atoms with Crippen LogP contribution in [-0.2, 0) is 12.7 Å². The highest BCUT2D eigenvalue weighted by molar-refractivity contribution is 6.16. The molecule has 4 rings (SSSR count). The number of guanidine groups is 1. The SMILES string of the molecule is Cl.FC(F)(F)c1ccc(CN2C3=NCCN3c3ccccc32)cc1. The van der Waals surface area contributed by atoms with Crippen molar-refractivity contribution in [3.8, 4) is 0 Å². The summed E-state index contributed by atoms with van der Waals surface area (Å²) in [6, 6.07) is 13.3. The Hall–Kier alpha value is -2.21. The largest absolute Gasteiger partial charge is 0.416 e. The van der Waals surface area contributed by atoms with E-state index < -0.39 is 11.7 Å². The number of hydrogen-bond donors (Lipinski definition) is 0. The van der Waals surface area contributed by atoms with Gasteiger partial charge in [0.15, 0.2) is 0 Å². The van der Waals surface area contributed by atoms with Crippen molar-refractivity contribution < 1.29 is 13.2 Å². The van der Waals surface area contributed by atoms with Crippen LogP contribution in [0.25, 0.3) is 0 Å². The molecule has 0 N–H and O–H groups in total. The van der Waals surface area contributed by atoms with Gasteiger partial charge in [0.1, 0.15) is 0 Å². The van der Waals surface area contributed by atoms with Gasteiger partial charge >= 0.3 is 6.18 Å². The van der Waals surface area contributed by atoms with Crippen molar-refractivity contribution in [1.82, 2.24) is 0 Å². The van der Waals surface area contributed by atoms with Gasteiger partial charge < -0.3 is 9.80 Å². The third-order valence-corrected chi connectivity index (χ3v) is 4.14. The Kier molecular flexibility index (Phi) is 4.17. The quantitative estimate of drug-likeness (QED) is 0.800. The molecular weight excluding hydrogens is 339 g/mol. The van der Waals surface area contributed by atoms with Gasteiger partial charge in [0, 0.05) is 6.54 Å². The van der Waals surface area contributed by atoms with Crippen LogP contribution in [-0.4, -0.2) is 19.0 Å². The number of benzene rings is 2. The van der Waals surface area contributed by atoms with E-state index in [1.54, 1.807) is 0 Å². The molecule has 2 aliphatic rings. The summed E-state index contributed by atoms with van der Waals surface area (Å²) in [4.78, 5) is 8.75. The first-order chi connectivity index (χ1) is 11.0. The van der Waals surface area contributed by atoms with Crippen LogP contribution in [0.1, 0.15) is 11.1 Å². The van der Waals surface area contributed by atoms with Crippen LogP contribution in [0.2, 0.25) is 0 Å². The molecule has 0 spiro atoms. The van der Waals surface area contributed by atoms with Crippen molar-refractivity contribution in [3.05, 3.63) is 59.7 Å². The van der Waals surface area contributed by atoms with Crippen molar-refractivity contribution in [1.29, 1.82) is 0 Å². The lowest BCUT2D eigenvalue weighted by atomic mass is 10.1. The first-order valence-corrected chi connectivity index (χ1v) is 7.39. The van der Waals surface area contributed by atoms with Crippen molar-refractivity contribution in [2.24, 2.45) is 4.99 Å². The minimum atomic E-state index is -4.30. The average molecular weight is 354 g/mol. The first kappa shape index (κ1) is 16.6. The van der Waals surface area contributed by atoms with Crippen LogP contribution in [0, 0.1) is 0 Å². The molecule has 2 aromatic carbocycles. The van der Waals surface area contributed by atoms with Gasteiger partial charge in [0.25, 0.3) is 0 Å². The fourth-order valence-electron chi connectivity index (χ4n) is 3.06. The number of anilines is 2. The maximum atomic E-state index is 12.7. The minimum Gasteiger partial charge on any atom is -0.308 e. The van der Waals surface area contributed by atoms with Gasteiger partial charge in [-0.25, -0.2) is 0 Å². The summed E-state index contributed by atoms with van der Waals surface area (Å²) < 4.78 is 38.0. The molecule has 0 fully saturated rings. The summed E-state index contributed by atoms with van der Waals surface area (Å²) in [6.45, 7) is 2.09. The molecule has 2 aliphatic heterocycles. The van der Waals surface area contributed by atoms with E-state index in [1.165, 1.54) is 12.1 Å². The molecule has 0 atom stereocenters. The summed E-state index contributed by atoms with van der Waals surface area (Å²) in [5.41, 5.74) is 2.36. The summed E-state index contributed by atoms with van der Waals surface area (Å²) in [7, 11) is 0. The minimum absolute atomic E-state index is 0. The molecule has 24 heavy (non-hydrogen) atoms. The molecule has 2 aromatic rings. The highest BCUT2D eigenvalue weighted by Crippen LogP contribution is 2.39. The molecule has 126 valence electrons. The smallest absolute Gasteiger partial charge is 0.308 e. The van der Waals surface area contributed by atoms with Crippen molar-refractivity contribution in [2.75, 3.05) is 22.9 Å². The van der Waals surface area contributed by atoms with E-state index in [4.69, 9.17) is 0 Å². The number of halogens is 4. The number of fused-ring (bicyclic) bond motifs is 3. The predicted molar refractivity (Wildman–Crippen MR) is 91.0 cm³/mol. The second-order valence-corrected chi connectivity index (χ2v) is 5.60. The second kappa shape index (κ2) is 6.02. The Labute approximate surface area is 143 Å². The molecule has 0 bridgehead atoms. The van der Waals surface area contributed by atoms with E-state index in [1.807, 2.05) is 24.3 Å². The van der Waals surface area contributed by atoms with Gasteiger partial charge in [0.05, 0.1) is 30.0 Å². The van der Waals surface area contributed by atoms with Gasteiger partial charge in [-0.1, -0.05) is 24.3 Å². The Balaban J connectivity index is 0.00000169. The number of alkyl halides is 3. The maximum Gasteiger partial charge on any atom is 0.416 e. The number of hydrogen-bond acceptors (Lipinski definition) is 3. The topological polar surface area (TPSA) is 18.8 Å². The fraction of sp³-hybridized carbons (Fsp3) is 0.235. The molecule has 0 saturated heterocycles. The molecule has 3 nitrogen and oxygen atoms in total. The summed E-state index contributed by atoms with van der Waals surface area (Å²) in [5, 5.41) is 0. The van der Waals surface area contributed by atoms with E-state index in [-0.39, 0.29) is 12.4 Å². The molecular formula is C17H15ClF3N3. The lowest BCUT2D eigenvalue weighted by Crippen LogP contribution is -2.34. The lowest BCUT2D eigenvalue weighted by molar-refractivity contribution is -0.137. The zero-order valence-electron chi connectivity index (χ0n) is 12.6. The van der Waals surface area contributed by atoms with E-state index in [9.17, 15) is 13.2 Å². The van der Waals surface area contributed by atoms with Crippen molar-refractivity contribution in [3.63, 3.8) is 0 Å². The van der Waals surface area contributed by atoms with Gasteiger partial charge in [-0.05, 0) is 29.8 Å². The third-order valence-electron chi connectivity index (χ3n) is 4.14. The third kappa shape index (κ3) is 2.71. The standard InChI is InChI=1S/C17H14F3N3.ClH/c18-17(19,20)13-7-5-12(6-8-13)11-23-15-4-2-1-3-14(15)22-10-9-21-16(22)23;/h1-8H,9-11H2;1H. The van der Waals surface area contributed by atoms with Gasteiger partial charge in [0.2, 0.25) is 5.96 Å². The number of rotatable bonds is 2. The van der Waals surface area contributed by atoms with Crippen LogP contribution in [0.4, 0.5) is 24.5 Å². The van der Waals surface area contributed by atoms with E-state index in [0.717, 1.165) is 48.1 Å². The van der Waals surface area contributed by atoms with E-state index in [0.29, 0.717) is 6.54 Å². The summed E-state index contributed by atoms with van der Waals surface area (Å²) in [6.07, 6.45) is -4.30. The Morgan fingerprint density at radius 3 is 2.29 bits per heavy atom. The van der Waals surface area contributed by atoms with Crippen LogP contribution in [0.5, 0.6) is 0 Å². The van der Waals surface area contributed by atoms with Gasteiger partial charge in [-0.2, -0.15) is 13.2 Å². The molecule has 0 amide bonds. The van der Waals surface area contributed by atoms with Crippen molar-refractivity contribution in [2.45, 2.75) is 12.7 Å². The lowest BCUT2D eigenvalue weighted by Gasteiger charge is -2.20. The fourth-order valence-corrected chi connectivity index (χ4v) is 3.06. The monoisotopic (exact) mass is 353 g/mol. The highest BCUT2D eigenvalue weighted by atomic mass is 35.5. The van der Waals surface area contributed by atoms with Gasteiger partial charge in [-0.3, -0.25) is 4.99 Å². The predicted octanol–water partition coefficient (Wildman–Crippen LogP) is 4.32. The highest BCUT2D eigenvalue weighted by Gasteiger charge is 2.35. The van der Waals surface area contributed by atoms with E-state index >= 15 is 0 Å². The number of aliphatic imine (C=N–C) groups is 1. The molecule has 2 heterocycles. The van der Waals surface area contributed by atoms with Crippen LogP contribution >= 0.6 is 12.4 Å². The molecule has 7 heteroatoms. The number of nitrogens with zero attached hydrogens (tertiary/aromatic N) is 3. The molecule has 0 radical (unpaired) electrons. The van der Waals surface area contributed by atoms with Crippen LogP contribution in [0.15, 0.2) is 53.5 Å². The zero-order chi connectivity index (χ0) is 16.0. The first-order valence-electron chi connectivity index (χ1n) is 7.39. The molecule has 0 saturated carbocycles. The van der Waals surface area contributed by atoms with Gasteiger partial charge in [-0.15, -0.1) is 12.4 Å². The normalized spacial score (nSPS) is 15.7. The molecule has 0 aromatic heterocycles. The number of para-hydroxylation sites is 2. The van der Waals surface area contributed by atoms with Crippen LogP contribution in [0.3, 0.4) is 0 Å². The summed E-state index contributed by atoms with van der Waals surface area (Å²) >= 11 is 0. The Morgan fingerprint density at radius 2 is 1.62 bits per heavy atom. The summed E-state index contributed by atoms with van der Waals surface area (Å²) in [5.74, 6) is 0.881. The Bertz CT molecular complexity index is 771. The zero-order valence-corrected chi connectivity index (χ0v) is 13.4. The van der Waals surface area contributed by atoms with Crippen molar-refractivity contribution >= 4 is 29.7 Å². The Morgan fingerprint density at radius 1 is 0.958 bits per heavy atom. The van der Waals surface area contributed by atoms with Crippen LogP contribution < -0.4 is 9.80 Å². The average Bonchev–Trinajstić information content (AvgIpc) is 3.10. The molecule has 0 unspecified atom stereocenters. The second-order valence-electron chi connectivity index (χ2n) is 5.60. The molecule has 0 aliphatic carbocycles.